The van der Waals surface area contributed by atoms with Crippen LogP contribution in [0.5, 0.6) is 0 Å². The van der Waals surface area contributed by atoms with E-state index in [1.54, 1.807) is 19.1 Å². The quantitative estimate of drug-likeness (QED) is 0.587. The Labute approximate surface area is 185 Å². The van der Waals surface area contributed by atoms with Crippen molar-refractivity contribution in [2.24, 2.45) is 5.92 Å². The molecule has 8 heteroatoms. The molecule has 0 aliphatic carbocycles. The zero-order chi connectivity index (χ0) is 21.5. The van der Waals surface area contributed by atoms with Gasteiger partial charge in [0.2, 0.25) is 11.8 Å². The minimum absolute atomic E-state index is 0.0245. The average molecular weight is 452 g/mol. The van der Waals surface area contributed by atoms with Crippen molar-refractivity contribution in [1.29, 1.82) is 0 Å². The van der Waals surface area contributed by atoms with Crippen molar-refractivity contribution in [3.8, 4) is 11.5 Å². The summed E-state index contributed by atoms with van der Waals surface area (Å²) < 4.78 is 18.1. The standard InChI is InChI=1S/C22H30ClN3O3S/c1-16-5-3-11-26(13-16)12-4-10-24-21(27)15-30(28)14-20-17(2)29-22(25-20)18-6-8-19(23)9-7-18/h6-9,16H,3-5,10-15H2,1-2H3,(H,24,27)/t16-,30+/m1/s1. The van der Waals surface area contributed by atoms with Crippen molar-refractivity contribution in [1.82, 2.24) is 15.2 Å². The van der Waals surface area contributed by atoms with Crippen LogP contribution in [-0.2, 0) is 21.3 Å². The molecule has 0 bridgehead atoms. The largest absolute Gasteiger partial charge is 0.441 e. The second-order valence-electron chi connectivity index (χ2n) is 8.01. The molecule has 30 heavy (non-hydrogen) atoms. The first-order valence-corrected chi connectivity index (χ1v) is 12.3. The highest BCUT2D eigenvalue weighted by molar-refractivity contribution is 7.84. The normalized spacial score (nSPS) is 18.3. The number of aryl methyl sites for hydroxylation is 1. The third-order valence-corrected chi connectivity index (χ3v) is 6.72. The van der Waals surface area contributed by atoms with E-state index in [9.17, 15) is 9.00 Å². The number of amides is 1. The molecule has 0 saturated carbocycles. The van der Waals surface area contributed by atoms with Crippen molar-refractivity contribution >= 4 is 28.3 Å². The van der Waals surface area contributed by atoms with Crippen molar-refractivity contribution in [2.75, 3.05) is 31.9 Å². The van der Waals surface area contributed by atoms with Gasteiger partial charge in [0.1, 0.15) is 11.5 Å². The van der Waals surface area contributed by atoms with Crippen LogP contribution in [0.3, 0.4) is 0 Å². The zero-order valence-electron chi connectivity index (χ0n) is 17.7. The molecule has 1 saturated heterocycles. The molecule has 0 spiro atoms. The lowest BCUT2D eigenvalue weighted by Crippen LogP contribution is -2.37. The van der Waals surface area contributed by atoms with Crippen LogP contribution in [-0.4, -0.2) is 51.9 Å². The van der Waals surface area contributed by atoms with Crippen molar-refractivity contribution < 1.29 is 13.4 Å². The number of hydrogen-bond acceptors (Lipinski definition) is 5. The third-order valence-electron chi connectivity index (χ3n) is 5.29. The molecule has 1 aliphatic rings. The van der Waals surface area contributed by atoms with Gasteiger partial charge in [0.25, 0.3) is 0 Å². The Morgan fingerprint density at radius 2 is 2.13 bits per heavy atom. The maximum atomic E-state index is 12.4. The number of hydrogen-bond donors (Lipinski definition) is 1. The highest BCUT2D eigenvalue weighted by Gasteiger charge is 2.17. The lowest BCUT2D eigenvalue weighted by Gasteiger charge is -2.30. The lowest BCUT2D eigenvalue weighted by atomic mass is 10.0. The van der Waals surface area contributed by atoms with Crippen LogP contribution in [0.25, 0.3) is 11.5 Å². The fourth-order valence-corrected chi connectivity index (χ4v) is 4.89. The first kappa shape index (κ1) is 23.0. The number of carbonyl (C=O) groups is 1. The zero-order valence-corrected chi connectivity index (χ0v) is 19.2. The first-order valence-electron chi connectivity index (χ1n) is 10.5. The van der Waals surface area contributed by atoms with E-state index in [1.165, 1.54) is 12.8 Å². The molecule has 2 atom stereocenters. The van der Waals surface area contributed by atoms with Gasteiger partial charge in [-0.3, -0.25) is 9.00 Å². The van der Waals surface area contributed by atoms with Crippen molar-refractivity contribution in [3.63, 3.8) is 0 Å². The summed E-state index contributed by atoms with van der Waals surface area (Å²) in [4.78, 5) is 19.0. The van der Waals surface area contributed by atoms with E-state index >= 15 is 0 Å². The summed E-state index contributed by atoms with van der Waals surface area (Å²) in [6.07, 6.45) is 3.48. The molecule has 2 aromatic rings. The molecular formula is C22H30ClN3O3S. The topological polar surface area (TPSA) is 75.4 Å². The number of oxazole rings is 1. The maximum Gasteiger partial charge on any atom is 0.232 e. The summed E-state index contributed by atoms with van der Waals surface area (Å²) in [6, 6.07) is 7.19. The SMILES string of the molecule is Cc1oc(-c2ccc(Cl)cc2)nc1C[S@](=O)CC(=O)NCCCN1CCC[C@@H](C)C1. The van der Waals surface area contributed by atoms with Gasteiger partial charge < -0.3 is 14.6 Å². The van der Waals surface area contributed by atoms with E-state index in [2.05, 4.69) is 22.1 Å². The van der Waals surface area contributed by atoms with E-state index in [4.69, 9.17) is 16.0 Å². The summed E-state index contributed by atoms with van der Waals surface area (Å²) in [6.45, 7) is 7.99. The second-order valence-corrected chi connectivity index (χ2v) is 9.90. The maximum absolute atomic E-state index is 12.4. The highest BCUT2D eigenvalue weighted by atomic mass is 35.5. The number of piperidine rings is 1. The van der Waals surface area contributed by atoms with Crippen molar-refractivity contribution in [2.45, 2.75) is 38.9 Å². The van der Waals surface area contributed by atoms with E-state index < -0.39 is 10.8 Å². The Hall–Kier alpha value is -1.70. The summed E-state index contributed by atoms with van der Waals surface area (Å²) in [5.74, 6) is 1.83. The van der Waals surface area contributed by atoms with Crippen LogP contribution in [0.4, 0.5) is 0 Å². The molecular weight excluding hydrogens is 422 g/mol. The van der Waals surface area contributed by atoms with E-state index in [-0.39, 0.29) is 17.4 Å². The van der Waals surface area contributed by atoms with Gasteiger partial charge in [-0.1, -0.05) is 18.5 Å². The Morgan fingerprint density at radius 1 is 1.37 bits per heavy atom. The minimum Gasteiger partial charge on any atom is -0.441 e. The highest BCUT2D eigenvalue weighted by Crippen LogP contribution is 2.24. The molecule has 1 aliphatic heterocycles. The van der Waals surface area contributed by atoms with Crippen molar-refractivity contribution in [3.05, 3.63) is 40.7 Å². The monoisotopic (exact) mass is 451 g/mol. The number of rotatable bonds is 9. The number of aromatic nitrogens is 1. The molecule has 1 N–H and O–H groups in total. The van der Waals surface area contributed by atoms with Gasteiger partial charge in [-0.05, 0) is 69.5 Å². The molecule has 0 radical (unpaired) electrons. The number of nitrogens with zero attached hydrogens (tertiary/aromatic N) is 2. The van der Waals surface area contributed by atoms with Gasteiger partial charge in [-0.25, -0.2) is 4.98 Å². The number of carbonyl (C=O) groups excluding carboxylic acids is 1. The predicted molar refractivity (Wildman–Crippen MR) is 121 cm³/mol. The minimum atomic E-state index is -1.34. The summed E-state index contributed by atoms with van der Waals surface area (Å²) >= 11 is 5.91. The van der Waals surface area contributed by atoms with Crippen LogP contribution in [0.2, 0.25) is 5.02 Å². The molecule has 1 aromatic heterocycles. The average Bonchev–Trinajstić information content (AvgIpc) is 3.06. The molecule has 2 heterocycles. The van der Waals surface area contributed by atoms with E-state index in [0.29, 0.717) is 28.9 Å². The Morgan fingerprint density at radius 3 is 2.87 bits per heavy atom. The van der Waals surface area contributed by atoms with Gasteiger partial charge in [0, 0.05) is 34.5 Å². The van der Waals surface area contributed by atoms with Crippen LogP contribution >= 0.6 is 11.6 Å². The molecule has 164 valence electrons. The Bertz CT molecular complexity index is 869. The fourth-order valence-electron chi connectivity index (χ4n) is 3.70. The predicted octanol–water partition coefficient (Wildman–Crippen LogP) is 3.79. The molecule has 1 fully saturated rings. The summed E-state index contributed by atoms with van der Waals surface area (Å²) in [7, 11) is -1.34. The fraction of sp³-hybridized carbons (Fsp3) is 0.545. The number of benzene rings is 1. The van der Waals surface area contributed by atoms with Crippen LogP contribution < -0.4 is 5.32 Å². The van der Waals surface area contributed by atoms with Gasteiger partial charge in [-0.2, -0.15) is 0 Å². The molecule has 0 unspecified atom stereocenters. The first-order chi connectivity index (χ1) is 14.4. The lowest BCUT2D eigenvalue weighted by molar-refractivity contribution is -0.118. The van der Waals surface area contributed by atoms with Gasteiger partial charge in [0.15, 0.2) is 0 Å². The van der Waals surface area contributed by atoms with Crippen LogP contribution in [0.15, 0.2) is 28.7 Å². The van der Waals surface area contributed by atoms with Crippen LogP contribution in [0.1, 0.15) is 37.6 Å². The Balaban J connectivity index is 1.40. The van der Waals surface area contributed by atoms with E-state index in [0.717, 1.165) is 37.5 Å². The molecule has 6 nitrogen and oxygen atoms in total. The van der Waals surface area contributed by atoms with E-state index in [1.807, 2.05) is 12.1 Å². The van der Waals surface area contributed by atoms with Crippen LogP contribution in [0, 0.1) is 12.8 Å². The third kappa shape index (κ3) is 6.93. The summed E-state index contributed by atoms with van der Waals surface area (Å²) in [5, 5.41) is 3.52. The second kappa shape index (κ2) is 11.1. The van der Waals surface area contributed by atoms with Gasteiger partial charge in [-0.15, -0.1) is 0 Å². The summed E-state index contributed by atoms with van der Waals surface area (Å²) in [5.41, 5.74) is 1.42. The number of likely N-dealkylation sites (tertiary alicyclic amines) is 1. The molecule has 3 rings (SSSR count). The Kier molecular flexibility index (Phi) is 8.48. The smallest absolute Gasteiger partial charge is 0.232 e. The molecule has 1 amide bonds. The number of nitrogens with one attached hydrogen (secondary N) is 1. The van der Waals surface area contributed by atoms with Gasteiger partial charge >= 0.3 is 0 Å². The van der Waals surface area contributed by atoms with Gasteiger partial charge in [0.05, 0.1) is 11.4 Å². The molecule has 1 aromatic carbocycles. The number of halogens is 1.